The van der Waals surface area contributed by atoms with Gasteiger partial charge in [-0.1, -0.05) is 32.0 Å². The molecule has 0 aliphatic carbocycles. The molecule has 0 saturated carbocycles. The minimum Gasteiger partial charge on any atom is -0.476 e. The summed E-state index contributed by atoms with van der Waals surface area (Å²) in [5.74, 6) is -0.561. The first-order valence-electron chi connectivity index (χ1n) is 5.86. The fourth-order valence-electron chi connectivity index (χ4n) is 1.90. The summed E-state index contributed by atoms with van der Waals surface area (Å²) in [6.07, 6.45) is 0. The molecule has 1 N–H and O–H groups in total. The third kappa shape index (κ3) is 2.27. The predicted molar refractivity (Wildman–Crippen MR) is 69.7 cm³/mol. The number of hydrogen-bond donors (Lipinski definition) is 1. The summed E-state index contributed by atoms with van der Waals surface area (Å²) >= 11 is 0. The van der Waals surface area contributed by atoms with Gasteiger partial charge in [0.25, 0.3) is 0 Å². The molecule has 18 heavy (non-hydrogen) atoms. The summed E-state index contributed by atoms with van der Waals surface area (Å²) in [4.78, 5) is 10.9. The fraction of sp³-hybridized carbons (Fsp3) is 0.286. The van der Waals surface area contributed by atoms with Crippen molar-refractivity contribution in [1.82, 2.24) is 9.78 Å². The standard InChI is InChI=1S/C14H16N2O2/c1-9(2)10-5-4-6-11(7-10)13-8-12(14(17)18)15-16(13)3/h4-9H,1-3H3,(H,17,18). The molecular weight excluding hydrogens is 228 g/mol. The van der Waals surface area contributed by atoms with E-state index in [0.717, 1.165) is 11.3 Å². The largest absolute Gasteiger partial charge is 0.476 e. The van der Waals surface area contributed by atoms with Crippen molar-refractivity contribution in [2.24, 2.45) is 7.05 Å². The minimum atomic E-state index is -1.00. The van der Waals surface area contributed by atoms with Crippen LogP contribution in [-0.2, 0) is 7.05 Å². The van der Waals surface area contributed by atoms with Crippen LogP contribution in [0.15, 0.2) is 30.3 Å². The first kappa shape index (κ1) is 12.4. The molecule has 0 aliphatic rings. The van der Waals surface area contributed by atoms with Crippen molar-refractivity contribution in [3.8, 4) is 11.3 Å². The molecule has 0 spiro atoms. The summed E-state index contributed by atoms with van der Waals surface area (Å²) in [6.45, 7) is 4.26. The van der Waals surface area contributed by atoms with Crippen LogP contribution in [0.5, 0.6) is 0 Å². The Morgan fingerprint density at radius 2 is 2.06 bits per heavy atom. The van der Waals surface area contributed by atoms with Gasteiger partial charge in [0.05, 0.1) is 5.69 Å². The molecule has 0 unspecified atom stereocenters. The third-order valence-corrected chi connectivity index (χ3v) is 2.95. The first-order valence-corrected chi connectivity index (χ1v) is 5.86. The van der Waals surface area contributed by atoms with Crippen molar-refractivity contribution >= 4 is 5.97 Å². The Balaban J connectivity index is 2.48. The average Bonchev–Trinajstić information content (AvgIpc) is 2.72. The van der Waals surface area contributed by atoms with E-state index in [1.165, 1.54) is 5.56 Å². The summed E-state index contributed by atoms with van der Waals surface area (Å²) in [5.41, 5.74) is 3.10. The van der Waals surface area contributed by atoms with E-state index in [9.17, 15) is 4.79 Å². The zero-order chi connectivity index (χ0) is 13.3. The molecule has 0 fully saturated rings. The molecule has 0 radical (unpaired) electrons. The van der Waals surface area contributed by atoms with Crippen LogP contribution in [0.1, 0.15) is 35.8 Å². The molecule has 0 saturated heterocycles. The van der Waals surface area contributed by atoms with Crippen LogP contribution in [0.4, 0.5) is 0 Å². The quantitative estimate of drug-likeness (QED) is 0.903. The van der Waals surface area contributed by atoms with Crippen molar-refractivity contribution in [3.63, 3.8) is 0 Å². The van der Waals surface area contributed by atoms with Crippen LogP contribution in [-0.4, -0.2) is 20.9 Å². The number of nitrogens with zero attached hydrogens (tertiary/aromatic N) is 2. The van der Waals surface area contributed by atoms with Gasteiger partial charge in [0.1, 0.15) is 0 Å². The molecule has 1 aromatic carbocycles. The monoisotopic (exact) mass is 244 g/mol. The number of benzene rings is 1. The van der Waals surface area contributed by atoms with Gasteiger partial charge in [-0.05, 0) is 23.6 Å². The van der Waals surface area contributed by atoms with Gasteiger partial charge in [0.2, 0.25) is 0 Å². The van der Waals surface area contributed by atoms with Crippen molar-refractivity contribution in [3.05, 3.63) is 41.6 Å². The van der Waals surface area contributed by atoms with Gasteiger partial charge in [-0.15, -0.1) is 0 Å². The Labute approximate surface area is 106 Å². The molecule has 0 atom stereocenters. The lowest BCUT2D eigenvalue weighted by Crippen LogP contribution is -1.99. The Morgan fingerprint density at radius 1 is 1.33 bits per heavy atom. The van der Waals surface area contributed by atoms with Crippen molar-refractivity contribution < 1.29 is 9.90 Å². The van der Waals surface area contributed by atoms with E-state index in [-0.39, 0.29) is 5.69 Å². The summed E-state index contributed by atoms with van der Waals surface area (Å²) in [6, 6.07) is 9.70. The van der Waals surface area contributed by atoms with Crippen molar-refractivity contribution in [2.45, 2.75) is 19.8 Å². The average molecular weight is 244 g/mol. The van der Waals surface area contributed by atoms with Gasteiger partial charge in [0.15, 0.2) is 5.69 Å². The van der Waals surface area contributed by atoms with E-state index in [1.54, 1.807) is 17.8 Å². The highest BCUT2D eigenvalue weighted by molar-refractivity contribution is 5.87. The smallest absolute Gasteiger partial charge is 0.356 e. The lowest BCUT2D eigenvalue weighted by atomic mass is 9.99. The molecule has 0 aliphatic heterocycles. The van der Waals surface area contributed by atoms with Crippen molar-refractivity contribution in [1.29, 1.82) is 0 Å². The molecule has 0 bridgehead atoms. The van der Waals surface area contributed by atoms with Gasteiger partial charge in [-0.2, -0.15) is 5.10 Å². The second-order valence-electron chi connectivity index (χ2n) is 4.62. The highest BCUT2D eigenvalue weighted by atomic mass is 16.4. The topological polar surface area (TPSA) is 55.1 Å². The third-order valence-electron chi connectivity index (χ3n) is 2.95. The van der Waals surface area contributed by atoms with Gasteiger partial charge in [0, 0.05) is 12.6 Å². The summed E-state index contributed by atoms with van der Waals surface area (Å²) < 4.78 is 1.60. The van der Waals surface area contributed by atoms with Gasteiger partial charge in [-0.25, -0.2) is 4.79 Å². The van der Waals surface area contributed by atoms with Crippen molar-refractivity contribution in [2.75, 3.05) is 0 Å². The Kier molecular flexibility index (Phi) is 3.19. The Morgan fingerprint density at radius 3 is 2.61 bits per heavy atom. The highest BCUT2D eigenvalue weighted by Crippen LogP contribution is 2.24. The zero-order valence-electron chi connectivity index (χ0n) is 10.7. The highest BCUT2D eigenvalue weighted by Gasteiger charge is 2.13. The Bertz CT molecular complexity index is 585. The number of aromatic carboxylic acids is 1. The summed E-state index contributed by atoms with van der Waals surface area (Å²) in [7, 11) is 1.75. The lowest BCUT2D eigenvalue weighted by molar-refractivity contribution is 0.0689. The van der Waals surface area contributed by atoms with Crippen LogP contribution in [0.2, 0.25) is 0 Å². The SMILES string of the molecule is CC(C)c1cccc(-c2cc(C(=O)O)nn2C)c1. The molecule has 4 nitrogen and oxygen atoms in total. The summed E-state index contributed by atoms with van der Waals surface area (Å²) in [5, 5.41) is 12.9. The lowest BCUT2D eigenvalue weighted by Gasteiger charge is -2.08. The second-order valence-corrected chi connectivity index (χ2v) is 4.62. The van der Waals surface area contributed by atoms with Gasteiger partial charge >= 0.3 is 5.97 Å². The number of carboxylic acids is 1. The normalized spacial score (nSPS) is 10.9. The number of hydrogen-bond acceptors (Lipinski definition) is 2. The molecule has 0 amide bonds. The van der Waals surface area contributed by atoms with Gasteiger partial charge < -0.3 is 5.11 Å². The molecule has 2 aromatic rings. The van der Waals surface area contributed by atoms with E-state index < -0.39 is 5.97 Å². The van der Waals surface area contributed by atoms with E-state index in [4.69, 9.17) is 5.11 Å². The van der Waals surface area contributed by atoms with Crippen LogP contribution in [0, 0.1) is 0 Å². The second kappa shape index (κ2) is 4.64. The maximum absolute atomic E-state index is 10.9. The van der Waals surface area contributed by atoms with E-state index >= 15 is 0 Å². The number of rotatable bonds is 3. The molecule has 94 valence electrons. The maximum Gasteiger partial charge on any atom is 0.356 e. The number of carboxylic acid groups (broad SMARTS) is 1. The Hall–Kier alpha value is -2.10. The number of carbonyl (C=O) groups is 1. The number of aryl methyl sites for hydroxylation is 1. The predicted octanol–water partition coefficient (Wildman–Crippen LogP) is 2.91. The number of aromatic nitrogens is 2. The van der Waals surface area contributed by atoms with E-state index in [2.05, 4.69) is 31.1 Å². The van der Waals surface area contributed by atoms with Gasteiger partial charge in [-0.3, -0.25) is 4.68 Å². The van der Waals surface area contributed by atoms with Crippen LogP contribution in [0.3, 0.4) is 0 Å². The maximum atomic E-state index is 10.9. The fourth-order valence-corrected chi connectivity index (χ4v) is 1.90. The first-order chi connectivity index (χ1) is 8.49. The van der Waals surface area contributed by atoms with E-state index in [1.807, 2.05) is 12.1 Å². The molecule has 1 heterocycles. The zero-order valence-corrected chi connectivity index (χ0v) is 10.7. The van der Waals surface area contributed by atoms with Crippen LogP contribution >= 0.6 is 0 Å². The van der Waals surface area contributed by atoms with Crippen LogP contribution in [0.25, 0.3) is 11.3 Å². The van der Waals surface area contributed by atoms with E-state index in [0.29, 0.717) is 5.92 Å². The molecule has 1 aromatic heterocycles. The molecule has 2 rings (SSSR count). The minimum absolute atomic E-state index is 0.0717. The molecular formula is C14H16N2O2. The molecule has 4 heteroatoms. The van der Waals surface area contributed by atoms with Crippen LogP contribution < -0.4 is 0 Å².